The first-order valence-electron chi connectivity index (χ1n) is 23.2. The van der Waals surface area contributed by atoms with Crippen LogP contribution in [0.15, 0.2) is 64.5 Å². The molecule has 0 aromatic heterocycles. The molecule has 62 heavy (non-hydrogen) atoms. The van der Waals surface area contributed by atoms with Gasteiger partial charge >= 0.3 is 5.97 Å². The van der Waals surface area contributed by atoms with Crippen molar-refractivity contribution in [2.45, 2.75) is 157 Å². The molecule has 0 bridgehead atoms. The van der Waals surface area contributed by atoms with Gasteiger partial charge in [-0.3, -0.25) is 34.1 Å². The number of amides is 4. The van der Waals surface area contributed by atoms with Crippen LogP contribution >= 0.6 is 0 Å². The van der Waals surface area contributed by atoms with E-state index >= 15 is 0 Å². The number of allylic oxidation sites excluding steroid dienone is 7. The molecular weight excluding hydrogens is 783 g/mol. The number of ketones is 1. The van der Waals surface area contributed by atoms with E-state index in [9.17, 15) is 33.9 Å². The average molecular weight is 848 g/mol. The number of imide groups is 1. The molecule has 332 valence electrons. The molecule has 2 heterocycles. The van der Waals surface area contributed by atoms with Gasteiger partial charge in [-0.2, -0.15) is 0 Å². The molecule has 1 unspecified atom stereocenters. The van der Waals surface area contributed by atoms with Crippen molar-refractivity contribution >= 4 is 41.1 Å². The molecule has 3 N–H and O–H groups in total. The number of hydrogen-bond donors (Lipinski definition) is 3. The zero-order valence-corrected chi connectivity index (χ0v) is 37.6. The summed E-state index contributed by atoms with van der Waals surface area (Å²) in [5, 5.41) is 15.8. The molecule has 4 amide bonds. The quantitative estimate of drug-likeness (QED) is 0.107. The summed E-state index contributed by atoms with van der Waals surface area (Å²) in [6.07, 6.45) is 19.1. The van der Waals surface area contributed by atoms with E-state index in [4.69, 9.17) is 4.74 Å². The number of rotatable bonds is 12. The highest BCUT2D eigenvalue weighted by molar-refractivity contribution is 6.07. The van der Waals surface area contributed by atoms with Gasteiger partial charge in [0.25, 0.3) is 5.91 Å². The number of hydrogen-bond acceptors (Lipinski definition) is 8. The van der Waals surface area contributed by atoms with E-state index in [1.807, 2.05) is 6.92 Å². The lowest BCUT2D eigenvalue weighted by Gasteiger charge is -2.70. The summed E-state index contributed by atoms with van der Waals surface area (Å²) < 4.78 is 6.05. The van der Waals surface area contributed by atoms with E-state index in [0.717, 1.165) is 94.6 Å². The summed E-state index contributed by atoms with van der Waals surface area (Å²) in [6.45, 7) is 14.3. The monoisotopic (exact) mass is 847 g/mol. The number of anilines is 1. The third-order valence-corrected chi connectivity index (χ3v) is 17.3. The van der Waals surface area contributed by atoms with E-state index in [-0.39, 0.29) is 76.3 Å². The van der Waals surface area contributed by atoms with Gasteiger partial charge in [0.2, 0.25) is 23.5 Å². The lowest BCUT2D eigenvalue weighted by molar-refractivity contribution is -0.182. The van der Waals surface area contributed by atoms with Gasteiger partial charge in [-0.15, -0.1) is 0 Å². The minimum absolute atomic E-state index is 0.0328. The van der Waals surface area contributed by atoms with Crippen LogP contribution in [0.25, 0.3) is 0 Å². The molecule has 7 atom stereocenters. The predicted octanol–water partition coefficient (Wildman–Crippen LogP) is 9.29. The number of unbranched alkanes of at least 4 members (excludes halogenated alkanes) is 5. The van der Waals surface area contributed by atoms with E-state index in [0.29, 0.717) is 41.3 Å². The Morgan fingerprint density at radius 3 is 2.39 bits per heavy atom. The third-order valence-electron chi connectivity index (χ3n) is 17.3. The van der Waals surface area contributed by atoms with Crippen LogP contribution in [-0.2, 0) is 35.3 Å². The standard InChI is InChI=1S/C51H65N3O8/c1-31-32-17-19-39-49(4,35(32)28-38(55)43(31)58)24-26-51(6)40-29-48(3,22-21-47(40,2)23-25-50(39,51)5)46(61)62-27-12-10-8-7-9-11-16-41(56)52-36-15-13-14-33-34(36)30-54(45(33)60)37-18-20-42(57)53-44(37)59/h13-15,17,19,28,37,40,58H,7-12,16,18,20-27,29-30H2,1-6H3,(H,52,56)(H,53,57,59)/t37?,40-,47-,48-,49+,50-,51+/m1/s1. The Balaban J connectivity index is 0.785. The molecule has 4 fully saturated rings. The van der Waals surface area contributed by atoms with Gasteiger partial charge in [-0.1, -0.05) is 77.2 Å². The van der Waals surface area contributed by atoms with Crippen molar-refractivity contribution in [3.8, 4) is 0 Å². The molecule has 1 aromatic carbocycles. The number of carbonyl (C=O) groups is 6. The van der Waals surface area contributed by atoms with Crippen LogP contribution in [0.1, 0.15) is 160 Å². The maximum atomic E-state index is 13.9. The number of piperidine rings is 1. The van der Waals surface area contributed by atoms with Crippen LogP contribution in [0.4, 0.5) is 5.69 Å². The number of ether oxygens (including phenoxy) is 1. The molecule has 2 aliphatic heterocycles. The first-order chi connectivity index (χ1) is 29.3. The second-order valence-corrected chi connectivity index (χ2v) is 20.9. The minimum atomic E-state index is -0.707. The second-order valence-electron chi connectivity index (χ2n) is 20.9. The molecule has 5 aliphatic carbocycles. The number of carbonyl (C=O) groups excluding carboxylic acids is 6. The van der Waals surface area contributed by atoms with Crippen LogP contribution in [0.5, 0.6) is 0 Å². The molecular formula is C51H65N3O8. The van der Waals surface area contributed by atoms with E-state index in [1.54, 1.807) is 24.3 Å². The van der Waals surface area contributed by atoms with Crippen molar-refractivity contribution in [1.29, 1.82) is 0 Å². The number of fused-ring (bicyclic) bond motifs is 8. The van der Waals surface area contributed by atoms with Crippen molar-refractivity contribution < 1.29 is 38.6 Å². The normalized spacial score (nSPS) is 33.8. The lowest BCUT2D eigenvalue weighted by atomic mass is 9.34. The van der Waals surface area contributed by atoms with Gasteiger partial charge in [-0.25, -0.2) is 0 Å². The average Bonchev–Trinajstić information content (AvgIpc) is 3.57. The smallest absolute Gasteiger partial charge is 0.311 e. The summed E-state index contributed by atoms with van der Waals surface area (Å²) in [5.41, 5.74) is 5.00. The highest BCUT2D eigenvalue weighted by Crippen LogP contribution is 2.75. The predicted molar refractivity (Wildman–Crippen MR) is 235 cm³/mol. The number of benzene rings is 1. The van der Waals surface area contributed by atoms with Crippen molar-refractivity contribution in [3.05, 3.63) is 75.6 Å². The van der Waals surface area contributed by atoms with Gasteiger partial charge in [0, 0.05) is 47.2 Å². The van der Waals surface area contributed by atoms with Crippen LogP contribution in [0.2, 0.25) is 0 Å². The molecule has 8 rings (SSSR count). The second kappa shape index (κ2) is 16.1. The highest BCUT2D eigenvalue weighted by atomic mass is 16.5. The fourth-order valence-corrected chi connectivity index (χ4v) is 13.0. The summed E-state index contributed by atoms with van der Waals surface area (Å²) in [6, 6.07) is 4.51. The van der Waals surface area contributed by atoms with Gasteiger partial charge in [-0.05, 0) is 130 Å². The van der Waals surface area contributed by atoms with Crippen molar-refractivity contribution in [1.82, 2.24) is 10.2 Å². The van der Waals surface area contributed by atoms with E-state index < -0.39 is 17.4 Å². The molecule has 7 aliphatic rings. The van der Waals surface area contributed by atoms with Crippen LogP contribution in [0.3, 0.4) is 0 Å². The Kier molecular flexibility index (Phi) is 11.4. The first-order valence-corrected chi connectivity index (χ1v) is 23.2. The Morgan fingerprint density at radius 1 is 0.903 bits per heavy atom. The van der Waals surface area contributed by atoms with Gasteiger partial charge in [0.05, 0.1) is 12.0 Å². The number of nitrogens with zero attached hydrogens (tertiary/aromatic N) is 1. The van der Waals surface area contributed by atoms with Crippen molar-refractivity contribution in [3.63, 3.8) is 0 Å². The maximum absolute atomic E-state index is 13.9. The van der Waals surface area contributed by atoms with Crippen LogP contribution < -0.4 is 10.6 Å². The summed E-state index contributed by atoms with van der Waals surface area (Å²) in [7, 11) is 0. The van der Waals surface area contributed by atoms with Gasteiger partial charge in [0.15, 0.2) is 5.76 Å². The number of nitrogens with one attached hydrogen (secondary N) is 2. The Bertz CT molecular complexity index is 2250. The van der Waals surface area contributed by atoms with Crippen LogP contribution in [0, 0.1) is 33.0 Å². The van der Waals surface area contributed by atoms with Crippen molar-refractivity contribution in [2.24, 2.45) is 33.0 Å². The Morgan fingerprint density at radius 2 is 1.63 bits per heavy atom. The third kappa shape index (κ3) is 7.19. The van der Waals surface area contributed by atoms with Crippen molar-refractivity contribution in [2.75, 3.05) is 11.9 Å². The molecule has 11 heteroatoms. The molecule has 3 saturated carbocycles. The number of aliphatic hydroxyl groups excluding tert-OH is 1. The molecule has 1 saturated heterocycles. The summed E-state index contributed by atoms with van der Waals surface area (Å²) >= 11 is 0. The molecule has 0 radical (unpaired) electrons. The summed E-state index contributed by atoms with van der Waals surface area (Å²) in [4.78, 5) is 78.4. The molecule has 1 aromatic rings. The number of aliphatic hydroxyl groups is 1. The zero-order valence-electron chi connectivity index (χ0n) is 37.6. The molecule has 0 spiro atoms. The largest absolute Gasteiger partial charge is 0.504 e. The van der Waals surface area contributed by atoms with Gasteiger partial charge < -0.3 is 20.1 Å². The van der Waals surface area contributed by atoms with Gasteiger partial charge in [0.1, 0.15) is 6.04 Å². The summed E-state index contributed by atoms with van der Waals surface area (Å²) in [5.74, 6) is -1.36. The van der Waals surface area contributed by atoms with E-state index in [2.05, 4.69) is 57.4 Å². The fourth-order valence-electron chi connectivity index (χ4n) is 13.0. The minimum Gasteiger partial charge on any atom is -0.504 e. The Labute approximate surface area is 366 Å². The number of esters is 1. The maximum Gasteiger partial charge on any atom is 0.311 e. The first kappa shape index (κ1) is 43.8. The topological polar surface area (TPSA) is 159 Å². The highest BCUT2D eigenvalue weighted by Gasteiger charge is 2.67. The Hall–Kier alpha value is -4.80. The SMILES string of the molecule is CC1=C(O)C(=O)C=C2C1=CC=C1[C@@]2(C)CC[C@@]2(C)[C@@H]3C[C@](C)(C(=O)OCCCCCCCCC(=O)Nc4cccc5c4CN(C4CCC(=O)NC4=O)C5=O)CC[C@]3(C)CC[C@]12C. The van der Waals surface area contributed by atoms with Crippen LogP contribution in [-0.4, -0.2) is 58.0 Å². The zero-order chi connectivity index (χ0) is 44.4. The fraction of sp³-hybridized carbons (Fsp3) is 0.608. The lowest BCUT2D eigenvalue weighted by Crippen LogP contribution is -2.62. The molecule has 11 nitrogen and oxygen atoms in total. The van der Waals surface area contributed by atoms with E-state index in [1.165, 1.54) is 10.5 Å².